The van der Waals surface area contributed by atoms with Gasteiger partial charge < -0.3 is 10.0 Å². The molecule has 5 heteroatoms. The van der Waals surface area contributed by atoms with Gasteiger partial charge >= 0.3 is 0 Å². The summed E-state index contributed by atoms with van der Waals surface area (Å²) in [5, 5.41) is 9.95. The smallest absolute Gasteiger partial charge is 0.164 e. The van der Waals surface area contributed by atoms with Crippen molar-refractivity contribution in [1.82, 2.24) is 4.90 Å². The third kappa shape index (κ3) is 4.75. The molecule has 1 N–H and O–H groups in total. The van der Waals surface area contributed by atoms with Gasteiger partial charge in [-0.15, -0.1) is 0 Å². The largest absolute Gasteiger partial charge is 0.388 e. The minimum atomic E-state index is -0.973. The topological polar surface area (TPSA) is 23.5 Å². The second-order valence-corrected chi connectivity index (χ2v) is 5.64. The van der Waals surface area contributed by atoms with Gasteiger partial charge in [-0.25, -0.2) is 8.78 Å². The highest BCUT2D eigenvalue weighted by Gasteiger charge is 2.17. The second kappa shape index (κ2) is 7.82. The van der Waals surface area contributed by atoms with Crippen LogP contribution in [0.5, 0.6) is 0 Å². The Labute approximate surface area is 117 Å². The summed E-state index contributed by atoms with van der Waals surface area (Å²) in [4.78, 5) is 2.11. The molecule has 1 rings (SSSR count). The minimum absolute atomic E-state index is 0.0333. The SMILES string of the molecule is CSCC(C)N(C)CCC(O)c1cccc(F)c1F. The van der Waals surface area contributed by atoms with Crippen molar-refractivity contribution in [1.29, 1.82) is 0 Å². The Balaban J connectivity index is 2.55. The van der Waals surface area contributed by atoms with Crippen LogP contribution in [0.15, 0.2) is 18.2 Å². The van der Waals surface area contributed by atoms with Gasteiger partial charge in [0.2, 0.25) is 0 Å². The van der Waals surface area contributed by atoms with Gasteiger partial charge in [-0.2, -0.15) is 11.8 Å². The molecule has 0 aromatic heterocycles. The number of rotatable bonds is 7. The van der Waals surface area contributed by atoms with Crippen LogP contribution < -0.4 is 0 Å². The first-order valence-corrected chi connectivity index (χ1v) is 7.68. The van der Waals surface area contributed by atoms with E-state index in [2.05, 4.69) is 11.8 Å². The summed E-state index contributed by atoms with van der Waals surface area (Å²) < 4.78 is 26.6. The van der Waals surface area contributed by atoms with Crippen LogP contribution in [0.3, 0.4) is 0 Å². The van der Waals surface area contributed by atoms with Crippen LogP contribution in [-0.4, -0.2) is 41.6 Å². The van der Waals surface area contributed by atoms with Crippen LogP contribution in [0.4, 0.5) is 8.78 Å². The monoisotopic (exact) mass is 289 g/mol. The van der Waals surface area contributed by atoms with Gasteiger partial charge in [0.05, 0.1) is 6.10 Å². The molecule has 2 nitrogen and oxygen atoms in total. The van der Waals surface area contributed by atoms with Crippen molar-refractivity contribution < 1.29 is 13.9 Å². The average molecular weight is 289 g/mol. The van der Waals surface area contributed by atoms with Crippen LogP contribution >= 0.6 is 11.8 Å². The van der Waals surface area contributed by atoms with E-state index in [-0.39, 0.29) is 5.56 Å². The summed E-state index contributed by atoms with van der Waals surface area (Å²) >= 11 is 1.76. The van der Waals surface area contributed by atoms with Crippen LogP contribution in [0.25, 0.3) is 0 Å². The lowest BCUT2D eigenvalue weighted by atomic mass is 10.1. The predicted octanol–water partition coefficient (Wildman–Crippen LogP) is 3.07. The molecule has 0 saturated heterocycles. The van der Waals surface area contributed by atoms with E-state index in [1.165, 1.54) is 12.1 Å². The van der Waals surface area contributed by atoms with Gasteiger partial charge in [-0.05, 0) is 32.7 Å². The molecule has 0 radical (unpaired) electrons. The van der Waals surface area contributed by atoms with E-state index in [4.69, 9.17) is 0 Å². The molecule has 19 heavy (non-hydrogen) atoms. The molecule has 0 aliphatic heterocycles. The molecule has 0 amide bonds. The number of aliphatic hydroxyl groups is 1. The molecule has 1 aromatic rings. The highest BCUT2D eigenvalue weighted by atomic mass is 32.2. The molecule has 0 aliphatic rings. The van der Waals surface area contributed by atoms with Crippen molar-refractivity contribution in [2.45, 2.75) is 25.5 Å². The lowest BCUT2D eigenvalue weighted by Gasteiger charge is -2.25. The van der Waals surface area contributed by atoms with E-state index in [0.29, 0.717) is 19.0 Å². The second-order valence-electron chi connectivity index (χ2n) is 4.73. The Hall–Kier alpha value is -0.650. The summed E-state index contributed by atoms with van der Waals surface area (Å²) in [6.45, 7) is 2.74. The fourth-order valence-electron chi connectivity index (χ4n) is 1.85. The molecule has 0 spiro atoms. The molecule has 0 fully saturated rings. The van der Waals surface area contributed by atoms with E-state index < -0.39 is 17.7 Å². The van der Waals surface area contributed by atoms with Gasteiger partial charge in [0, 0.05) is 23.9 Å². The fourth-order valence-corrected chi connectivity index (χ4v) is 2.58. The molecule has 108 valence electrons. The van der Waals surface area contributed by atoms with E-state index in [0.717, 1.165) is 11.8 Å². The molecule has 0 saturated carbocycles. The fraction of sp³-hybridized carbons (Fsp3) is 0.571. The third-order valence-electron chi connectivity index (χ3n) is 3.26. The van der Waals surface area contributed by atoms with Gasteiger partial charge in [-0.1, -0.05) is 12.1 Å². The quantitative estimate of drug-likeness (QED) is 0.834. The summed E-state index contributed by atoms with van der Waals surface area (Å²) in [6, 6.07) is 4.28. The third-order valence-corrected chi connectivity index (χ3v) is 4.07. The van der Waals surface area contributed by atoms with Crippen LogP contribution in [0.1, 0.15) is 25.0 Å². The number of halogens is 2. The maximum atomic E-state index is 13.5. The number of nitrogens with zero attached hydrogens (tertiary/aromatic N) is 1. The lowest BCUT2D eigenvalue weighted by Crippen LogP contribution is -2.32. The molecule has 2 unspecified atom stereocenters. The molecule has 0 bridgehead atoms. The summed E-state index contributed by atoms with van der Waals surface area (Å²) in [6.07, 6.45) is 1.45. The van der Waals surface area contributed by atoms with Crippen molar-refractivity contribution in [2.75, 3.05) is 25.6 Å². The zero-order valence-corrected chi connectivity index (χ0v) is 12.4. The standard InChI is InChI=1S/C14H21F2NOS/c1-10(9-19-3)17(2)8-7-13(18)11-5-4-6-12(15)14(11)16/h4-6,10,13,18H,7-9H2,1-3H3. The zero-order valence-electron chi connectivity index (χ0n) is 11.6. The molecular formula is C14H21F2NOS. The van der Waals surface area contributed by atoms with E-state index in [1.807, 2.05) is 13.3 Å². The number of hydrogen-bond acceptors (Lipinski definition) is 3. The molecular weight excluding hydrogens is 268 g/mol. The number of hydrogen-bond donors (Lipinski definition) is 1. The first kappa shape index (κ1) is 16.4. The van der Waals surface area contributed by atoms with Crippen molar-refractivity contribution in [3.8, 4) is 0 Å². The number of aliphatic hydroxyl groups excluding tert-OH is 1. The van der Waals surface area contributed by atoms with Gasteiger partial charge in [0.15, 0.2) is 11.6 Å². The normalized spacial score (nSPS) is 14.7. The van der Waals surface area contributed by atoms with E-state index in [9.17, 15) is 13.9 Å². The maximum Gasteiger partial charge on any atom is 0.164 e. The number of benzene rings is 1. The molecule has 1 aromatic carbocycles. The molecule has 2 atom stereocenters. The van der Waals surface area contributed by atoms with Crippen LogP contribution in [0, 0.1) is 11.6 Å². The van der Waals surface area contributed by atoms with Crippen LogP contribution in [-0.2, 0) is 0 Å². The first-order valence-electron chi connectivity index (χ1n) is 6.28. The first-order chi connectivity index (χ1) is 8.97. The van der Waals surface area contributed by atoms with Gasteiger partial charge in [0.1, 0.15) is 0 Å². The Morgan fingerprint density at radius 3 is 2.68 bits per heavy atom. The van der Waals surface area contributed by atoms with Crippen LogP contribution in [0.2, 0.25) is 0 Å². The average Bonchev–Trinajstić information content (AvgIpc) is 2.39. The Bertz CT molecular complexity index is 403. The highest BCUT2D eigenvalue weighted by molar-refractivity contribution is 7.98. The number of thioether (sulfide) groups is 1. The van der Waals surface area contributed by atoms with Gasteiger partial charge in [-0.3, -0.25) is 0 Å². The predicted molar refractivity (Wildman–Crippen MR) is 76.4 cm³/mol. The Kier molecular flexibility index (Phi) is 6.75. The summed E-state index contributed by atoms with van der Waals surface area (Å²) in [7, 11) is 1.97. The van der Waals surface area contributed by atoms with E-state index in [1.54, 1.807) is 11.8 Å². The lowest BCUT2D eigenvalue weighted by molar-refractivity contribution is 0.137. The van der Waals surface area contributed by atoms with E-state index >= 15 is 0 Å². The van der Waals surface area contributed by atoms with Crippen molar-refractivity contribution in [3.63, 3.8) is 0 Å². The maximum absolute atomic E-state index is 13.5. The van der Waals surface area contributed by atoms with Gasteiger partial charge in [0.25, 0.3) is 0 Å². The van der Waals surface area contributed by atoms with Crippen molar-refractivity contribution in [3.05, 3.63) is 35.4 Å². The zero-order chi connectivity index (χ0) is 14.4. The highest BCUT2D eigenvalue weighted by Crippen LogP contribution is 2.22. The molecule has 0 heterocycles. The Morgan fingerprint density at radius 2 is 2.05 bits per heavy atom. The molecule has 0 aliphatic carbocycles. The minimum Gasteiger partial charge on any atom is -0.388 e. The summed E-state index contributed by atoms with van der Waals surface area (Å²) in [5.41, 5.74) is 0.0333. The summed E-state index contributed by atoms with van der Waals surface area (Å²) in [5.74, 6) is -0.864. The van der Waals surface area contributed by atoms with Crippen molar-refractivity contribution >= 4 is 11.8 Å². The van der Waals surface area contributed by atoms with Crippen molar-refractivity contribution in [2.24, 2.45) is 0 Å². The Morgan fingerprint density at radius 1 is 1.37 bits per heavy atom.